The van der Waals surface area contributed by atoms with Crippen LogP contribution >= 0.6 is 0 Å². The minimum absolute atomic E-state index is 0.0828. The third kappa shape index (κ3) is 7.09. The van der Waals surface area contributed by atoms with Crippen LogP contribution in [0, 0.1) is 18.2 Å². The number of ether oxygens (including phenoxy) is 1. The molecule has 1 unspecified atom stereocenters. The molecule has 2 aromatic heterocycles. The van der Waals surface area contributed by atoms with Gasteiger partial charge in [-0.05, 0) is 68.9 Å². The van der Waals surface area contributed by atoms with Crippen LogP contribution in [-0.4, -0.2) is 88.6 Å². The Bertz CT molecular complexity index is 1820. The number of alkyl halides is 1. The van der Waals surface area contributed by atoms with Crippen molar-refractivity contribution >= 4 is 23.1 Å². The van der Waals surface area contributed by atoms with Gasteiger partial charge in [0.2, 0.25) is 5.91 Å². The van der Waals surface area contributed by atoms with Crippen LogP contribution in [-0.2, 0) is 24.1 Å². The van der Waals surface area contributed by atoms with E-state index < -0.39 is 23.6 Å². The lowest BCUT2D eigenvalue weighted by atomic mass is 9.87. The molecular weight excluding hydrogens is 652 g/mol. The number of β-amino-alcohol motifs (C(OH)–C–C–N with tert-alkyl or cyclic N) is 1. The second kappa shape index (κ2) is 14.5. The molecule has 1 aliphatic carbocycles. The molecule has 0 radical (unpaired) electrons. The van der Waals surface area contributed by atoms with Crippen LogP contribution in [0.3, 0.4) is 0 Å². The highest BCUT2D eigenvalue weighted by atomic mass is 19.1. The number of hydrogen-bond donors (Lipinski definition) is 2. The zero-order valence-corrected chi connectivity index (χ0v) is 29.0. The number of pyridine rings is 1. The van der Waals surface area contributed by atoms with Gasteiger partial charge in [0, 0.05) is 81.2 Å². The van der Waals surface area contributed by atoms with Crippen molar-refractivity contribution in [3.8, 4) is 18.4 Å². The molecule has 0 bridgehead atoms. The highest BCUT2D eigenvalue weighted by Crippen LogP contribution is 2.40. The van der Waals surface area contributed by atoms with E-state index in [4.69, 9.17) is 21.1 Å². The third-order valence-corrected chi connectivity index (χ3v) is 10.8. The first-order valence-corrected chi connectivity index (χ1v) is 17.9. The van der Waals surface area contributed by atoms with Crippen molar-refractivity contribution < 1.29 is 23.4 Å². The van der Waals surface area contributed by atoms with Gasteiger partial charge in [-0.25, -0.2) is 8.78 Å². The predicted molar refractivity (Wildman–Crippen MR) is 192 cm³/mol. The van der Waals surface area contributed by atoms with Gasteiger partial charge in [-0.1, -0.05) is 18.6 Å². The molecule has 10 nitrogen and oxygen atoms in total. The molecule has 1 amide bonds. The summed E-state index contributed by atoms with van der Waals surface area (Å²) in [5, 5.41) is 14.0. The summed E-state index contributed by atoms with van der Waals surface area (Å²) >= 11 is 0. The summed E-state index contributed by atoms with van der Waals surface area (Å²) in [5.74, 6) is 2.67. The molecule has 7 rings (SSSR count). The molecule has 3 aromatic rings. The average Bonchev–Trinajstić information content (AvgIpc) is 3.27. The van der Waals surface area contributed by atoms with Gasteiger partial charge in [0.15, 0.2) is 0 Å². The molecule has 2 saturated heterocycles. The van der Waals surface area contributed by atoms with E-state index in [-0.39, 0.29) is 49.1 Å². The summed E-state index contributed by atoms with van der Waals surface area (Å²) < 4.78 is 36.4. The first kappa shape index (κ1) is 34.7. The summed E-state index contributed by atoms with van der Waals surface area (Å²) in [6.45, 7) is 7.67. The Morgan fingerprint density at radius 3 is 2.78 bits per heavy atom. The monoisotopic (exact) mass is 697 g/mol. The minimum atomic E-state index is -1.02. The van der Waals surface area contributed by atoms with Crippen LogP contribution in [0.1, 0.15) is 61.4 Å². The zero-order valence-electron chi connectivity index (χ0n) is 29.0. The summed E-state index contributed by atoms with van der Waals surface area (Å²) in [6.07, 6.45) is 14.2. The molecule has 5 heterocycles. The SMILES string of the molecule is C#Cc1c(F)ccc2c1N([C@@H]1CCc3c(nc(OC[C@]4(C)C[C@@H](F)CN4c4ccncc4)nc3N3CCCCC(NC(=O)C=C)C3)C1)C[C@H](O)C2. The van der Waals surface area contributed by atoms with E-state index in [0.29, 0.717) is 38.0 Å². The smallest absolute Gasteiger partial charge is 0.318 e. The van der Waals surface area contributed by atoms with E-state index >= 15 is 4.39 Å². The molecule has 4 aliphatic rings. The molecular formula is C39H45F2N7O3. The zero-order chi connectivity index (χ0) is 35.7. The standard InChI is InChI=1S/C39H45F2N7O3/c1-4-31-33(41)12-9-25-18-30(49)23-47(36(25)31)29-10-11-32-34(19-29)44-38(45-37(32)46-17-7-6-8-27(22-46)43-35(50)5-2)51-24-39(3)20-26(40)21-48(39)28-13-15-42-16-14-28/h1,5,9,12-16,26-27,29-30,49H,2,6-8,10-11,17-24H2,3H3,(H,43,50)/t26-,27?,29-,30-,39+/m1/s1. The number of terminal acetylenes is 1. The van der Waals surface area contributed by atoms with Crippen molar-refractivity contribution in [1.29, 1.82) is 0 Å². The number of carbonyl (C=O) groups is 1. The van der Waals surface area contributed by atoms with Gasteiger partial charge in [-0.15, -0.1) is 6.42 Å². The molecule has 51 heavy (non-hydrogen) atoms. The number of nitrogens with zero attached hydrogens (tertiary/aromatic N) is 6. The number of amides is 1. The van der Waals surface area contributed by atoms with Crippen molar-refractivity contribution in [2.45, 2.75) is 88.2 Å². The van der Waals surface area contributed by atoms with Crippen molar-refractivity contribution in [1.82, 2.24) is 20.3 Å². The second-order valence-corrected chi connectivity index (χ2v) is 14.5. The molecule has 5 atom stereocenters. The molecule has 3 aliphatic heterocycles. The topological polar surface area (TPSA) is 107 Å². The Morgan fingerprint density at radius 2 is 2.00 bits per heavy atom. The van der Waals surface area contributed by atoms with Crippen molar-refractivity contribution in [2.75, 3.05) is 47.5 Å². The number of anilines is 3. The lowest BCUT2D eigenvalue weighted by molar-refractivity contribution is -0.117. The number of carbonyl (C=O) groups excluding carboxylic acids is 1. The second-order valence-electron chi connectivity index (χ2n) is 14.5. The number of aliphatic hydroxyl groups is 1. The predicted octanol–water partition coefficient (Wildman–Crippen LogP) is 4.32. The van der Waals surface area contributed by atoms with Gasteiger partial charge in [-0.3, -0.25) is 9.78 Å². The Morgan fingerprint density at radius 1 is 1.18 bits per heavy atom. The largest absolute Gasteiger partial charge is 0.461 e. The van der Waals surface area contributed by atoms with E-state index in [0.717, 1.165) is 60.6 Å². The van der Waals surface area contributed by atoms with Crippen molar-refractivity contribution in [3.05, 3.63) is 77.5 Å². The van der Waals surface area contributed by atoms with Crippen LogP contribution in [0.25, 0.3) is 0 Å². The Kier molecular flexibility index (Phi) is 9.84. The molecule has 12 heteroatoms. The van der Waals surface area contributed by atoms with Gasteiger partial charge in [0.25, 0.3) is 0 Å². The van der Waals surface area contributed by atoms with E-state index in [2.05, 4.69) is 32.6 Å². The lowest BCUT2D eigenvalue weighted by Crippen LogP contribution is -2.48. The summed E-state index contributed by atoms with van der Waals surface area (Å²) in [5.41, 5.74) is 3.75. The Hall–Kier alpha value is -4.76. The molecule has 2 N–H and O–H groups in total. The van der Waals surface area contributed by atoms with Crippen molar-refractivity contribution in [2.24, 2.45) is 0 Å². The van der Waals surface area contributed by atoms with Crippen LogP contribution < -0.4 is 24.8 Å². The molecule has 0 saturated carbocycles. The van der Waals surface area contributed by atoms with Gasteiger partial charge in [0.1, 0.15) is 24.4 Å². The van der Waals surface area contributed by atoms with E-state index in [1.807, 2.05) is 24.0 Å². The maximum Gasteiger partial charge on any atom is 0.318 e. The number of benzene rings is 1. The number of rotatable bonds is 8. The number of aliphatic hydroxyl groups excluding tert-OH is 1. The summed E-state index contributed by atoms with van der Waals surface area (Å²) in [7, 11) is 0. The third-order valence-electron chi connectivity index (χ3n) is 10.8. The van der Waals surface area contributed by atoms with Crippen LogP contribution in [0.5, 0.6) is 6.01 Å². The summed E-state index contributed by atoms with van der Waals surface area (Å²) in [4.78, 5) is 32.7. The van der Waals surface area contributed by atoms with Crippen molar-refractivity contribution in [3.63, 3.8) is 0 Å². The highest BCUT2D eigenvalue weighted by Gasteiger charge is 2.44. The fourth-order valence-corrected chi connectivity index (χ4v) is 8.44. The quantitative estimate of drug-likeness (QED) is 0.263. The maximum atomic E-state index is 15.0. The van der Waals surface area contributed by atoms with Gasteiger partial charge in [-0.2, -0.15) is 9.97 Å². The lowest BCUT2D eigenvalue weighted by Gasteiger charge is -2.42. The van der Waals surface area contributed by atoms with Crippen LogP contribution in [0.15, 0.2) is 49.3 Å². The van der Waals surface area contributed by atoms with E-state index in [9.17, 15) is 14.3 Å². The number of halogens is 2. The normalized spacial score (nSPS) is 26.1. The first-order valence-electron chi connectivity index (χ1n) is 17.9. The fourth-order valence-electron chi connectivity index (χ4n) is 8.44. The molecule has 1 aromatic carbocycles. The molecule has 268 valence electrons. The Labute approximate surface area is 297 Å². The average molecular weight is 698 g/mol. The first-order chi connectivity index (χ1) is 24.7. The Balaban J connectivity index is 1.23. The van der Waals surface area contributed by atoms with Gasteiger partial charge in [0.05, 0.1) is 28.6 Å². The molecule has 2 fully saturated rings. The number of nitrogens with one attached hydrogen (secondary N) is 1. The van der Waals surface area contributed by atoms with E-state index in [1.54, 1.807) is 18.5 Å². The summed E-state index contributed by atoms with van der Waals surface area (Å²) in [6, 6.07) is 6.85. The maximum absolute atomic E-state index is 15.0. The van der Waals surface area contributed by atoms with Gasteiger partial charge >= 0.3 is 6.01 Å². The molecule has 0 spiro atoms. The highest BCUT2D eigenvalue weighted by molar-refractivity contribution is 5.87. The van der Waals surface area contributed by atoms with Crippen LogP contribution in [0.4, 0.5) is 26.0 Å². The van der Waals surface area contributed by atoms with E-state index in [1.165, 1.54) is 12.1 Å². The van der Waals surface area contributed by atoms with Gasteiger partial charge < -0.3 is 29.9 Å². The minimum Gasteiger partial charge on any atom is -0.461 e. The van der Waals surface area contributed by atoms with Crippen LogP contribution in [0.2, 0.25) is 0 Å². The number of hydrogen-bond acceptors (Lipinski definition) is 9. The number of fused-ring (bicyclic) bond motifs is 2. The number of aromatic nitrogens is 3. The fraction of sp³-hybridized carbons (Fsp3) is 0.487.